The highest BCUT2D eigenvalue weighted by molar-refractivity contribution is 14.0. The summed E-state index contributed by atoms with van der Waals surface area (Å²) in [6, 6.07) is 15.2. The number of hydrogen-bond acceptors (Lipinski definition) is 4. The van der Waals surface area contributed by atoms with Gasteiger partial charge in [0.15, 0.2) is 17.5 Å². The first-order valence-electron chi connectivity index (χ1n) is 8.74. The summed E-state index contributed by atoms with van der Waals surface area (Å²) in [4.78, 5) is 16.4. The third-order valence-corrected chi connectivity index (χ3v) is 3.70. The van der Waals surface area contributed by atoms with Gasteiger partial charge in [-0.3, -0.25) is 4.79 Å². The number of ether oxygens (including phenoxy) is 2. The molecule has 0 spiro atoms. The number of methoxy groups -OCH3 is 2. The average molecular weight is 498 g/mol. The Bertz CT molecular complexity index is 769. The van der Waals surface area contributed by atoms with E-state index in [2.05, 4.69) is 20.9 Å². The van der Waals surface area contributed by atoms with Gasteiger partial charge in [0.1, 0.15) is 6.54 Å². The van der Waals surface area contributed by atoms with Crippen molar-refractivity contribution in [1.29, 1.82) is 0 Å². The number of carbonyl (C=O) groups is 1. The molecule has 152 valence electrons. The Hall–Kier alpha value is -2.49. The van der Waals surface area contributed by atoms with Crippen molar-refractivity contribution in [2.45, 2.75) is 13.5 Å². The van der Waals surface area contributed by atoms with Crippen molar-refractivity contribution in [1.82, 2.24) is 10.6 Å². The lowest BCUT2D eigenvalue weighted by Gasteiger charge is -2.13. The predicted molar refractivity (Wildman–Crippen MR) is 123 cm³/mol. The van der Waals surface area contributed by atoms with E-state index in [-0.39, 0.29) is 36.4 Å². The van der Waals surface area contributed by atoms with E-state index < -0.39 is 0 Å². The van der Waals surface area contributed by atoms with E-state index in [1.54, 1.807) is 26.4 Å². The Morgan fingerprint density at radius 3 is 2.36 bits per heavy atom. The Morgan fingerprint density at radius 2 is 1.71 bits per heavy atom. The first-order chi connectivity index (χ1) is 13.2. The van der Waals surface area contributed by atoms with Gasteiger partial charge in [-0.25, -0.2) is 4.99 Å². The molecule has 3 N–H and O–H groups in total. The molecule has 0 atom stereocenters. The Morgan fingerprint density at radius 1 is 1.00 bits per heavy atom. The number of rotatable bonds is 8. The Balaban J connectivity index is 0.00000392. The molecule has 0 unspecified atom stereocenters. The molecule has 0 saturated heterocycles. The number of halogens is 1. The summed E-state index contributed by atoms with van der Waals surface area (Å²) in [5.74, 6) is 1.62. The molecule has 0 saturated carbocycles. The van der Waals surface area contributed by atoms with Crippen LogP contribution >= 0.6 is 24.0 Å². The smallest absolute Gasteiger partial charge is 0.242 e. The number of hydrogen-bond donors (Lipinski definition) is 3. The number of guanidine groups is 1. The highest BCUT2D eigenvalue weighted by Gasteiger charge is 2.07. The van der Waals surface area contributed by atoms with Crippen molar-refractivity contribution in [3.63, 3.8) is 0 Å². The maximum Gasteiger partial charge on any atom is 0.242 e. The lowest BCUT2D eigenvalue weighted by atomic mass is 10.2. The minimum Gasteiger partial charge on any atom is -0.493 e. The molecule has 2 rings (SSSR count). The molecule has 7 nitrogen and oxygen atoms in total. The molecule has 0 aliphatic rings. The van der Waals surface area contributed by atoms with Crippen molar-refractivity contribution in [2.75, 3.05) is 32.6 Å². The van der Waals surface area contributed by atoms with E-state index in [1.165, 1.54) is 0 Å². The number of anilines is 1. The number of aliphatic imine (C=N–C) groups is 1. The summed E-state index contributed by atoms with van der Waals surface area (Å²) in [7, 11) is 3.17. The Kier molecular flexibility index (Phi) is 10.8. The van der Waals surface area contributed by atoms with Crippen molar-refractivity contribution in [3.05, 3.63) is 54.1 Å². The van der Waals surface area contributed by atoms with Crippen LogP contribution < -0.4 is 25.4 Å². The molecule has 0 aliphatic heterocycles. The molecule has 8 heteroatoms. The van der Waals surface area contributed by atoms with Crippen molar-refractivity contribution < 1.29 is 14.3 Å². The molecule has 2 aromatic rings. The van der Waals surface area contributed by atoms with Crippen molar-refractivity contribution >= 4 is 41.5 Å². The van der Waals surface area contributed by atoms with E-state index in [0.29, 0.717) is 30.5 Å². The molecule has 0 heterocycles. The van der Waals surface area contributed by atoms with Gasteiger partial charge >= 0.3 is 0 Å². The zero-order valence-corrected chi connectivity index (χ0v) is 18.7. The molecule has 1 amide bonds. The van der Waals surface area contributed by atoms with E-state index in [9.17, 15) is 4.79 Å². The summed E-state index contributed by atoms with van der Waals surface area (Å²) < 4.78 is 10.5. The largest absolute Gasteiger partial charge is 0.493 e. The summed E-state index contributed by atoms with van der Waals surface area (Å²) in [5.41, 5.74) is 1.82. The van der Waals surface area contributed by atoms with Crippen LogP contribution in [0.2, 0.25) is 0 Å². The molecule has 0 bridgehead atoms. The number of benzene rings is 2. The second kappa shape index (κ2) is 12.8. The van der Waals surface area contributed by atoms with Gasteiger partial charge in [0.2, 0.25) is 5.91 Å². The maximum absolute atomic E-state index is 12.1. The molecule has 0 aromatic heterocycles. The summed E-state index contributed by atoms with van der Waals surface area (Å²) in [6.07, 6.45) is 0. The van der Waals surface area contributed by atoms with Gasteiger partial charge in [-0.15, -0.1) is 24.0 Å². The van der Waals surface area contributed by atoms with Gasteiger partial charge < -0.3 is 25.4 Å². The van der Waals surface area contributed by atoms with Gasteiger partial charge in [-0.2, -0.15) is 0 Å². The van der Waals surface area contributed by atoms with Gasteiger partial charge in [0.05, 0.1) is 14.2 Å². The molecular formula is C20H27IN4O3. The molecule has 0 radical (unpaired) electrons. The van der Waals surface area contributed by atoms with Gasteiger partial charge in [0, 0.05) is 24.8 Å². The quantitative estimate of drug-likeness (QED) is 0.296. The van der Waals surface area contributed by atoms with Crippen LogP contribution in [0.15, 0.2) is 53.5 Å². The number of amides is 1. The summed E-state index contributed by atoms with van der Waals surface area (Å²) >= 11 is 0. The Labute approximate surface area is 182 Å². The van der Waals surface area contributed by atoms with Crippen LogP contribution in [0.4, 0.5) is 5.69 Å². The molecule has 28 heavy (non-hydrogen) atoms. The second-order valence-electron chi connectivity index (χ2n) is 5.65. The second-order valence-corrected chi connectivity index (χ2v) is 5.65. The maximum atomic E-state index is 12.1. The fourth-order valence-electron chi connectivity index (χ4n) is 2.36. The van der Waals surface area contributed by atoms with Gasteiger partial charge in [-0.05, 0) is 24.6 Å². The lowest BCUT2D eigenvalue weighted by molar-refractivity contribution is -0.119. The summed E-state index contributed by atoms with van der Waals surface area (Å²) in [6.45, 7) is 3.14. The molecule has 0 fully saturated rings. The van der Waals surface area contributed by atoms with Crippen molar-refractivity contribution in [2.24, 2.45) is 4.99 Å². The van der Waals surface area contributed by atoms with Gasteiger partial charge in [0.25, 0.3) is 0 Å². The highest BCUT2D eigenvalue weighted by atomic mass is 127. The normalized spacial score (nSPS) is 10.5. The van der Waals surface area contributed by atoms with Crippen LogP contribution in [0.25, 0.3) is 0 Å². The van der Waals surface area contributed by atoms with Crippen LogP contribution in [-0.4, -0.2) is 39.2 Å². The van der Waals surface area contributed by atoms with Crippen LogP contribution in [-0.2, 0) is 11.3 Å². The summed E-state index contributed by atoms with van der Waals surface area (Å²) in [5, 5.41) is 9.13. The number of nitrogens with one attached hydrogen (secondary N) is 3. The van der Waals surface area contributed by atoms with Crippen LogP contribution in [0, 0.1) is 0 Å². The highest BCUT2D eigenvalue weighted by Crippen LogP contribution is 2.29. The van der Waals surface area contributed by atoms with E-state index in [1.807, 2.05) is 43.3 Å². The zero-order chi connectivity index (χ0) is 19.5. The molecular weight excluding hydrogens is 471 g/mol. The number of nitrogens with zero attached hydrogens (tertiary/aromatic N) is 1. The van der Waals surface area contributed by atoms with E-state index in [4.69, 9.17) is 9.47 Å². The van der Waals surface area contributed by atoms with Gasteiger partial charge in [-0.1, -0.05) is 30.3 Å². The van der Waals surface area contributed by atoms with Crippen molar-refractivity contribution in [3.8, 4) is 11.5 Å². The van der Waals surface area contributed by atoms with Crippen LogP contribution in [0.1, 0.15) is 12.5 Å². The van der Waals surface area contributed by atoms with E-state index >= 15 is 0 Å². The predicted octanol–water partition coefficient (Wildman–Crippen LogP) is 3.02. The minimum atomic E-state index is -0.150. The fraction of sp³-hybridized carbons (Fsp3) is 0.300. The van der Waals surface area contributed by atoms with E-state index in [0.717, 1.165) is 11.3 Å². The van der Waals surface area contributed by atoms with Crippen LogP contribution in [0.3, 0.4) is 0 Å². The molecule has 2 aromatic carbocycles. The standard InChI is InChI=1S/C20H26N4O3.HI/c1-4-21-20(24-16-10-11-17(26-2)18(12-16)27-3)23-14-19(25)22-13-15-8-6-5-7-9-15;/h5-12H,4,13-14H2,1-3H3,(H,22,25)(H2,21,23,24);1H. The minimum absolute atomic E-state index is 0. The third kappa shape index (κ3) is 7.63. The first-order valence-corrected chi connectivity index (χ1v) is 8.74. The monoisotopic (exact) mass is 498 g/mol. The SMILES string of the molecule is CCNC(=NCC(=O)NCc1ccccc1)Nc1ccc(OC)c(OC)c1.I. The first kappa shape index (κ1) is 23.5. The fourth-order valence-corrected chi connectivity index (χ4v) is 2.36. The zero-order valence-electron chi connectivity index (χ0n) is 16.3. The lowest BCUT2D eigenvalue weighted by Crippen LogP contribution is -2.33. The third-order valence-electron chi connectivity index (χ3n) is 3.70. The topological polar surface area (TPSA) is 84.0 Å². The number of carbonyl (C=O) groups excluding carboxylic acids is 1. The average Bonchev–Trinajstić information content (AvgIpc) is 2.71. The molecule has 0 aliphatic carbocycles. The van der Waals surface area contributed by atoms with Crippen LogP contribution in [0.5, 0.6) is 11.5 Å².